The van der Waals surface area contributed by atoms with Crippen LogP contribution in [0.5, 0.6) is 0 Å². The summed E-state index contributed by atoms with van der Waals surface area (Å²) >= 11 is 0. The molecule has 1 heterocycles. The second-order valence-corrected chi connectivity index (χ2v) is 10.7. The molecular formula is C25H30N4O4S. The molecule has 0 saturated heterocycles. The minimum Gasteiger partial charge on any atom is -0.382 e. The molecule has 2 amide bonds. The van der Waals surface area contributed by atoms with Crippen LogP contribution in [0.3, 0.4) is 0 Å². The lowest BCUT2D eigenvalue weighted by molar-refractivity contribution is -0.129. The van der Waals surface area contributed by atoms with Gasteiger partial charge >= 0.3 is 0 Å². The van der Waals surface area contributed by atoms with Crippen LogP contribution in [0.15, 0.2) is 71.9 Å². The van der Waals surface area contributed by atoms with Crippen LogP contribution in [0.1, 0.15) is 37.7 Å². The lowest BCUT2D eigenvalue weighted by atomic mass is 9.90. The van der Waals surface area contributed by atoms with Crippen molar-refractivity contribution in [2.24, 2.45) is 0 Å². The van der Waals surface area contributed by atoms with Gasteiger partial charge in [0.15, 0.2) is 0 Å². The molecule has 2 aliphatic rings. The molecule has 9 heteroatoms. The second-order valence-electron chi connectivity index (χ2n) is 8.82. The number of hydrogen-bond acceptors (Lipinski definition) is 5. The normalized spacial score (nSPS) is 22.7. The van der Waals surface area contributed by atoms with E-state index in [4.69, 9.17) is 0 Å². The van der Waals surface area contributed by atoms with Crippen molar-refractivity contribution in [3.05, 3.63) is 72.6 Å². The standard InChI is InChI=1S/C25H30N4O4S/c1-18-7-13-22(14-8-18)34(32,33)29-16-15-26-25(31)23(29)17-24(30)28-21-11-9-20(10-12-21)27-19-5-3-2-4-6-19/h2-8,13-16,20-21,23,27H,9-12,17H2,1H3,(H,26,31)(H,28,30)/t20-,21+,23-/m1/s1. The zero-order chi connectivity index (χ0) is 24.1. The van der Waals surface area contributed by atoms with Gasteiger partial charge in [0.05, 0.1) is 11.3 Å². The number of rotatable bonds is 7. The number of hydrogen-bond donors (Lipinski definition) is 3. The van der Waals surface area contributed by atoms with E-state index in [0.717, 1.165) is 41.2 Å². The van der Waals surface area contributed by atoms with Crippen LogP contribution in [0.2, 0.25) is 0 Å². The summed E-state index contributed by atoms with van der Waals surface area (Å²) in [5.74, 6) is -0.858. The van der Waals surface area contributed by atoms with Crippen molar-refractivity contribution in [2.45, 2.75) is 62.0 Å². The Labute approximate surface area is 200 Å². The summed E-state index contributed by atoms with van der Waals surface area (Å²) in [6, 6.07) is 15.7. The van der Waals surface area contributed by atoms with Crippen molar-refractivity contribution in [3.8, 4) is 0 Å². The average Bonchev–Trinajstić information content (AvgIpc) is 2.82. The van der Waals surface area contributed by atoms with Crippen LogP contribution < -0.4 is 16.0 Å². The van der Waals surface area contributed by atoms with Crippen LogP contribution >= 0.6 is 0 Å². The van der Waals surface area contributed by atoms with Crippen molar-refractivity contribution >= 4 is 27.5 Å². The Balaban J connectivity index is 1.35. The Hall–Kier alpha value is -3.33. The predicted molar refractivity (Wildman–Crippen MR) is 130 cm³/mol. The Bertz CT molecular complexity index is 1140. The van der Waals surface area contributed by atoms with Crippen molar-refractivity contribution in [3.63, 3.8) is 0 Å². The van der Waals surface area contributed by atoms with Gasteiger partial charge in [-0.1, -0.05) is 35.9 Å². The van der Waals surface area contributed by atoms with Gasteiger partial charge in [-0.25, -0.2) is 8.42 Å². The van der Waals surface area contributed by atoms with E-state index in [0.29, 0.717) is 6.04 Å². The highest BCUT2D eigenvalue weighted by Gasteiger charge is 2.37. The fourth-order valence-corrected chi connectivity index (χ4v) is 5.83. The smallest absolute Gasteiger partial charge is 0.264 e. The SMILES string of the molecule is Cc1ccc(S(=O)(=O)N2C=CNC(=O)[C@H]2CC(=O)N[C@H]2CC[C@@H](Nc3ccccc3)CC2)cc1. The quantitative estimate of drug-likeness (QED) is 0.563. The first-order valence-corrected chi connectivity index (χ1v) is 12.9. The third-order valence-corrected chi connectivity index (χ3v) is 8.07. The summed E-state index contributed by atoms with van der Waals surface area (Å²) in [6.07, 6.45) is 5.81. The van der Waals surface area contributed by atoms with Gasteiger partial charge in [0, 0.05) is 30.2 Å². The topological polar surface area (TPSA) is 108 Å². The number of anilines is 1. The first-order chi connectivity index (χ1) is 16.3. The summed E-state index contributed by atoms with van der Waals surface area (Å²) in [6.45, 7) is 1.86. The first-order valence-electron chi connectivity index (χ1n) is 11.5. The Morgan fingerprint density at radius 2 is 1.65 bits per heavy atom. The van der Waals surface area contributed by atoms with E-state index in [9.17, 15) is 18.0 Å². The lowest BCUT2D eigenvalue weighted by Crippen LogP contribution is -2.52. The fraction of sp³-hybridized carbons (Fsp3) is 0.360. The molecule has 0 aromatic heterocycles. The van der Waals surface area contributed by atoms with Gasteiger partial charge in [0.1, 0.15) is 6.04 Å². The monoisotopic (exact) mass is 482 g/mol. The summed E-state index contributed by atoms with van der Waals surface area (Å²) in [7, 11) is -3.98. The van der Waals surface area contributed by atoms with Crippen LogP contribution in [0.25, 0.3) is 0 Å². The maximum absolute atomic E-state index is 13.2. The van der Waals surface area contributed by atoms with E-state index in [1.54, 1.807) is 12.1 Å². The lowest BCUT2D eigenvalue weighted by Gasteiger charge is -2.33. The molecule has 0 unspecified atom stereocenters. The summed E-state index contributed by atoms with van der Waals surface area (Å²) in [5.41, 5.74) is 2.01. The van der Waals surface area contributed by atoms with Gasteiger partial charge in [0.2, 0.25) is 11.8 Å². The maximum atomic E-state index is 13.2. The maximum Gasteiger partial charge on any atom is 0.264 e. The zero-order valence-corrected chi connectivity index (χ0v) is 19.9. The van der Waals surface area contributed by atoms with E-state index in [2.05, 4.69) is 16.0 Å². The van der Waals surface area contributed by atoms with Crippen molar-refractivity contribution < 1.29 is 18.0 Å². The number of benzene rings is 2. The molecule has 2 aromatic carbocycles. The first kappa shape index (κ1) is 23.8. The minimum absolute atomic E-state index is 0.00525. The molecule has 1 atom stereocenters. The van der Waals surface area contributed by atoms with Gasteiger partial charge in [-0.15, -0.1) is 0 Å². The average molecular weight is 483 g/mol. The summed E-state index contributed by atoms with van der Waals surface area (Å²) in [4.78, 5) is 25.4. The highest BCUT2D eigenvalue weighted by Crippen LogP contribution is 2.25. The molecule has 1 fully saturated rings. The molecule has 4 rings (SSSR count). The van der Waals surface area contributed by atoms with Crippen LogP contribution in [0, 0.1) is 6.92 Å². The number of amides is 2. The molecule has 0 spiro atoms. The number of carbonyl (C=O) groups is 2. The highest BCUT2D eigenvalue weighted by molar-refractivity contribution is 7.89. The van der Waals surface area contributed by atoms with Gasteiger partial charge in [-0.3, -0.25) is 13.9 Å². The molecule has 0 bridgehead atoms. The molecular weight excluding hydrogens is 452 g/mol. The Morgan fingerprint density at radius 1 is 1.00 bits per heavy atom. The largest absolute Gasteiger partial charge is 0.382 e. The molecule has 0 radical (unpaired) electrons. The van der Waals surface area contributed by atoms with Gasteiger partial charge in [0.25, 0.3) is 10.0 Å². The zero-order valence-electron chi connectivity index (χ0n) is 19.1. The second kappa shape index (κ2) is 10.3. The molecule has 1 aliphatic heterocycles. The predicted octanol–water partition coefficient (Wildman–Crippen LogP) is 2.88. The highest BCUT2D eigenvalue weighted by atomic mass is 32.2. The van der Waals surface area contributed by atoms with Crippen molar-refractivity contribution in [2.75, 3.05) is 5.32 Å². The van der Waals surface area contributed by atoms with Crippen molar-refractivity contribution in [1.82, 2.24) is 14.9 Å². The number of nitrogens with one attached hydrogen (secondary N) is 3. The van der Waals surface area contributed by atoms with Gasteiger partial charge < -0.3 is 16.0 Å². The Morgan fingerprint density at radius 3 is 2.32 bits per heavy atom. The van der Waals surface area contributed by atoms with E-state index in [1.165, 1.54) is 24.5 Å². The summed E-state index contributed by atoms with van der Waals surface area (Å²) < 4.78 is 27.3. The molecule has 8 nitrogen and oxygen atoms in total. The van der Waals surface area contributed by atoms with Gasteiger partial charge in [-0.2, -0.15) is 0 Å². The molecule has 180 valence electrons. The Kier molecular flexibility index (Phi) is 7.21. The third kappa shape index (κ3) is 5.59. The van der Waals surface area contributed by atoms with Crippen molar-refractivity contribution in [1.29, 1.82) is 0 Å². The van der Waals surface area contributed by atoms with Crippen LogP contribution in [0.4, 0.5) is 5.69 Å². The number of aryl methyl sites for hydroxylation is 1. The number of sulfonamides is 1. The number of nitrogens with zero attached hydrogens (tertiary/aromatic N) is 1. The minimum atomic E-state index is -3.98. The number of carbonyl (C=O) groups excluding carboxylic acids is 2. The van der Waals surface area contributed by atoms with Crippen LogP contribution in [-0.4, -0.2) is 42.7 Å². The summed E-state index contributed by atoms with van der Waals surface area (Å²) in [5, 5.41) is 9.04. The third-order valence-electron chi connectivity index (χ3n) is 6.27. The molecule has 1 saturated carbocycles. The molecule has 1 aliphatic carbocycles. The molecule has 2 aromatic rings. The molecule has 34 heavy (non-hydrogen) atoms. The van der Waals surface area contributed by atoms with E-state index in [-0.39, 0.29) is 23.3 Å². The van der Waals surface area contributed by atoms with E-state index in [1.807, 2.05) is 37.3 Å². The van der Waals surface area contributed by atoms with Gasteiger partial charge in [-0.05, 0) is 56.9 Å². The van der Waals surface area contributed by atoms with E-state index < -0.39 is 22.0 Å². The number of para-hydroxylation sites is 1. The molecule has 3 N–H and O–H groups in total. The van der Waals surface area contributed by atoms with E-state index >= 15 is 0 Å². The van der Waals surface area contributed by atoms with Crippen LogP contribution in [-0.2, 0) is 19.6 Å². The fourth-order valence-electron chi connectivity index (χ4n) is 4.39.